The lowest BCUT2D eigenvalue weighted by molar-refractivity contribution is 0.0237. The van der Waals surface area contributed by atoms with Gasteiger partial charge in [0.1, 0.15) is 0 Å². The summed E-state index contributed by atoms with van der Waals surface area (Å²) < 4.78 is 0. The van der Waals surface area contributed by atoms with E-state index in [1.54, 1.807) is 69.8 Å². The van der Waals surface area contributed by atoms with Gasteiger partial charge in [0.25, 0.3) is 0 Å². The largest absolute Gasteiger partial charge is 0.0622 e. The molecule has 4 aliphatic rings. The van der Waals surface area contributed by atoms with Crippen molar-refractivity contribution in [3.63, 3.8) is 0 Å². The summed E-state index contributed by atoms with van der Waals surface area (Å²) in [6.07, 6.45) is 18.5. The molecule has 124 valence electrons. The van der Waals surface area contributed by atoms with Crippen LogP contribution in [0.3, 0.4) is 0 Å². The Bertz CT molecular complexity index is 511. The van der Waals surface area contributed by atoms with Crippen molar-refractivity contribution >= 4 is 0 Å². The molecule has 0 aliphatic heterocycles. The van der Waals surface area contributed by atoms with E-state index in [0.717, 1.165) is 28.6 Å². The van der Waals surface area contributed by atoms with E-state index >= 15 is 0 Å². The van der Waals surface area contributed by atoms with Gasteiger partial charge in [-0.25, -0.2) is 0 Å². The molecule has 0 N–H and O–H groups in total. The van der Waals surface area contributed by atoms with Gasteiger partial charge in [0.15, 0.2) is 0 Å². The molecule has 4 bridgehead atoms. The third-order valence-corrected chi connectivity index (χ3v) is 8.64. The SMILES string of the molecule is c1ccc(CCC(C23CCC(CC2)C3)C23CCC(CC2)C3)cc1. The summed E-state index contributed by atoms with van der Waals surface area (Å²) in [5.41, 5.74) is 3.10. The van der Waals surface area contributed by atoms with E-state index in [4.69, 9.17) is 0 Å². The number of aryl methyl sites for hydroxylation is 1. The van der Waals surface area contributed by atoms with Crippen LogP contribution >= 0.6 is 0 Å². The molecule has 0 saturated heterocycles. The highest BCUT2D eigenvalue weighted by atomic mass is 14.6. The Morgan fingerprint density at radius 3 is 1.74 bits per heavy atom. The van der Waals surface area contributed by atoms with Crippen LogP contribution in [0.2, 0.25) is 0 Å². The van der Waals surface area contributed by atoms with E-state index in [-0.39, 0.29) is 0 Å². The molecule has 0 radical (unpaired) electrons. The Balaban J connectivity index is 1.42. The fourth-order valence-corrected chi connectivity index (χ4v) is 7.67. The Labute approximate surface area is 142 Å². The smallest absolute Gasteiger partial charge is 0.0261 e. The van der Waals surface area contributed by atoms with Crippen molar-refractivity contribution in [1.29, 1.82) is 0 Å². The molecular formula is C23H32. The lowest BCUT2D eigenvalue weighted by atomic mass is 9.57. The van der Waals surface area contributed by atoms with Crippen molar-refractivity contribution < 1.29 is 0 Å². The molecule has 0 atom stereocenters. The summed E-state index contributed by atoms with van der Waals surface area (Å²) in [5.74, 6) is 3.24. The molecule has 0 aromatic heterocycles. The molecule has 23 heavy (non-hydrogen) atoms. The van der Waals surface area contributed by atoms with Gasteiger partial charge in [-0.05, 0) is 111 Å². The van der Waals surface area contributed by atoms with Crippen LogP contribution in [0.25, 0.3) is 0 Å². The number of hydrogen-bond acceptors (Lipinski definition) is 0. The van der Waals surface area contributed by atoms with Crippen molar-refractivity contribution in [2.75, 3.05) is 0 Å². The van der Waals surface area contributed by atoms with Crippen LogP contribution in [0.15, 0.2) is 30.3 Å². The molecule has 0 unspecified atom stereocenters. The number of rotatable bonds is 5. The zero-order chi connectivity index (χ0) is 15.3. The van der Waals surface area contributed by atoms with Crippen LogP contribution in [0, 0.1) is 28.6 Å². The topological polar surface area (TPSA) is 0 Å². The highest BCUT2D eigenvalue weighted by molar-refractivity contribution is 5.16. The zero-order valence-corrected chi connectivity index (χ0v) is 14.6. The van der Waals surface area contributed by atoms with Crippen molar-refractivity contribution in [1.82, 2.24) is 0 Å². The Hall–Kier alpha value is -0.780. The summed E-state index contributed by atoms with van der Waals surface area (Å²) in [7, 11) is 0. The maximum Gasteiger partial charge on any atom is -0.0261 e. The van der Waals surface area contributed by atoms with Gasteiger partial charge in [0.05, 0.1) is 0 Å². The van der Waals surface area contributed by atoms with E-state index < -0.39 is 0 Å². The highest BCUT2D eigenvalue weighted by Gasteiger charge is 2.59. The average molecular weight is 309 g/mol. The molecule has 4 saturated carbocycles. The third-order valence-electron chi connectivity index (χ3n) is 8.64. The minimum absolute atomic E-state index is 0.763. The summed E-state index contributed by atoms with van der Waals surface area (Å²) in [6.45, 7) is 0. The minimum Gasteiger partial charge on any atom is -0.0622 e. The van der Waals surface area contributed by atoms with Crippen LogP contribution in [0.4, 0.5) is 0 Å². The third kappa shape index (κ3) is 2.31. The molecule has 4 aliphatic carbocycles. The maximum absolute atomic E-state index is 2.35. The van der Waals surface area contributed by atoms with Crippen LogP contribution in [-0.2, 0) is 6.42 Å². The monoisotopic (exact) mass is 308 g/mol. The van der Waals surface area contributed by atoms with Gasteiger partial charge in [-0.3, -0.25) is 0 Å². The van der Waals surface area contributed by atoms with E-state index in [9.17, 15) is 0 Å². The van der Waals surface area contributed by atoms with Crippen LogP contribution in [0.1, 0.15) is 76.2 Å². The van der Waals surface area contributed by atoms with E-state index in [1.165, 1.54) is 12.8 Å². The molecule has 5 rings (SSSR count). The number of benzene rings is 1. The van der Waals surface area contributed by atoms with Crippen molar-refractivity contribution in [3.8, 4) is 0 Å². The summed E-state index contributed by atoms with van der Waals surface area (Å²) in [4.78, 5) is 0. The molecule has 1 aromatic rings. The van der Waals surface area contributed by atoms with Gasteiger partial charge in [0.2, 0.25) is 0 Å². The second-order valence-electron chi connectivity index (χ2n) is 9.60. The predicted molar refractivity (Wildman–Crippen MR) is 96.3 cm³/mol. The first-order chi connectivity index (χ1) is 11.3. The fourth-order valence-electron chi connectivity index (χ4n) is 7.67. The van der Waals surface area contributed by atoms with E-state index in [0.29, 0.717) is 0 Å². The zero-order valence-electron chi connectivity index (χ0n) is 14.6. The van der Waals surface area contributed by atoms with E-state index in [1.807, 2.05) is 0 Å². The first kappa shape index (κ1) is 14.6. The van der Waals surface area contributed by atoms with Gasteiger partial charge >= 0.3 is 0 Å². The molecule has 0 spiro atoms. The average Bonchev–Trinajstić information content (AvgIpc) is 3.37. The standard InChI is InChI=1S/C23H32/c1-2-4-18(5-3-1)6-7-21(22-12-8-19(16-22)9-13-22)23-14-10-20(17-23)11-15-23/h1-5,19-21H,6-17H2. The van der Waals surface area contributed by atoms with Gasteiger partial charge in [-0.15, -0.1) is 0 Å². The van der Waals surface area contributed by atoms with Crippen LogP contribution < -0.4 is 0 Å². The molecule has 1 aromatic carbocycles. The van der Waals surface area contributed by atoms with Crippen LogP contribution in [-0.4, -0.2) is 0 Å². The predicted octanol–water partition coefficient (Wildman–Crippen LogP) is 6.40. The van der Waals surface area contributed by atoms with Crippen LogP contribution in [0.5, 0.6) is 0 Å². The second kappa shape index (κ2) is 5.36. The summed E-state index contributed by atoms with van der Waals surface area (Å²) in [5, 5.41) is 0. The quantitative estimate of drug-likeness (QED) is 0.590. The number of fused-ring (bicyclic) bond motifs is 4. The fraction of sp³-hybridized carbons (Fsp3) is 0.739. The first-order valence-corrected chi connectivity index (χ1v) is 10.3. The second-order valence-corrected chi connectivity index (χ2v) is 9.60. The summed E-state index contributed by atoms with van der Waals surface area (Å²) in [6, 6.07) is 11.3. The molecule has 4 fully saturated rings. The highest BCUT2D eigenvalue weighted by Crippen LogP contribution is 2.69. The van der Waals surface area contributed by atoms with Gasteiger partial charge in [-0.2, -0.15) is 0 Å². The van der Waals surface area contributed by atoms with Crippen molar-refractivity contribution in [2.45, 2.75) is 77.0 Å². The first-order valence-electron chi connectivity index (χ1n) is 10.3. The lowest BCUT2D eigenvalue weighted by Gasteiger charge is -2.47. The van der Waals surface area contributed by atoms with Crippen molar-refractivity contribution in [2.24, 2.45) is 28.6 Å². The lowest BCUT2D eigenvalue weighted by Crippen LogP contribution is -2.39. The Kier molecular flexibility index (Phi) is 3.39. The molecule has 0 amide bonds. The normalized spacial score (nSPS) is 42.4. The minimum atomic E-state index is 0.763. The maximum atomic E-state index is 2.35. The number of hydrogen-bond donors (Lipinski definition) is 0. The van der Waals surface area contributed by atoms with Gasteiger partial charge in [-0.1, -0.05) is 30.3 Å². The molecule has 0 heteroatoms. The van der Waals surface area contributed by atoms with Crippen molar-refractivity contribution in [3.05, 3.63) is 35.9 Å². The summed E-state index contributed by atoms with van der Waals surface area (Å²) >= 11 is 0. The Morgan fingerprint density at radius 1 is 0.783 bits per heavy atom. The molecule has 0 heterocycles. The molecular weight excluding hydrogens is 276 g/mol. The van der Waals surface area contributed by atoms with E-state index in [2.05, 4.69) is 30.3 Å². The Morgan fingerprint density at radius 2 is 1.30 bits per heavy atom. The van der Waals surface area contributed by atoms with Gasteiger partial charge < -0.3 is 0 Å². The van der Waals surface area contributed by atoms with Gasteiger partial charge in [0, 0.05) is 0 Å². The molecule has 0 nitrogen and oxygen atoms in total.